The molecule has 0 aliphatic heterocycles. The summed E-state index contributed by atoms with van der Waals surface area (Å²) < 4.78 is 27.5. The van der Waals surface area contributed by atoms with Gasteiger partial charge in [-0.25, -0.2) is 13.6 Å². The number of hydrogen-bond acceptors (Lipinski definition) is 4. The van der Waals surface area contributed by atoms with Crippen molar-refractivity contribution < 1.29 is 13.2 Å². The highest BCUT2D eigenvalue weighted by Gasteiger charge is 2.29. The van der Waals surface area contributed by atoms with Crippen molar-refractivity contribution in [3.8, 4) is 5.82 Å². The van der Waals surface area contributed by atoms with Crippen molar-refractivity contribution in [2.45, 2.75) is 44.9 Å². The zero-order valence-electron chi connectivity index (χ0n) is 17.2. The minimum atomic E-state index is -3.98. The molecule has 0 aliphatic carbocycles. The van der Waals surface area contributed by atoms with Gasteiger partial charge in [0.1, 0.15) is 5.82 Å². The van der Waals surface area contributed by atoms with Crippen LogP contribution in [0.2, 0.25) is 5.02 Å². The summed E-state index contributed by atoms with van der Waals surface area (Å²) in [6, 6.07) is 7.57. The Morgan fingerprint density at radius 2 is 2.07 bits per heavy atom. The van der Waals surface area contributed by atoms with Gasteiger partial charge in [0, 0.05) is 35.8 Å². The molecule has 0 aliphatic rings. The van der Waals surface area contributed by atoms with E-state index in [1.807, 2.05) is 55.9 Å². The summed E-state index contributed by atoms with van der Waals surface area (Å²) in [5.41, 5.74) is 2.48. The van der Waals surface area contributed by atoms with Gasteiger partial charge in [-0.05, 0) is 37.6 Å². The number of hydrogen-bond donors (Lipinski definition) is 2. The predicted octanol–water partition coefficient (Wildman–Crippen LogP) is 2.79. The molecule has 2 aromatic heterocycles. The molecule has 3 N–H and O–H groups in total. The van der Waals surface area contributed by atoms with Gasteiger partial charge in [0.15, 0.2) is 5.25 Å². The van der Waals surface area contributed by atoms with E-state index in [0.717, 1.165) is 34.4 Å². The van der Waals surface area contributed by atoms with Crippen LogP contribution >= 0.6 is 11.6 Å². The Balaban J connectivity index is 1.91. The number of primary sulfonamides is 1. The Labute approximate surface area is 181 Å². The molecule has 0 bridgehead atoms. The lowest BCUT2D eigenvalue weighted by atomic mass is 10.2. The van der Waals surface area contributed by atoms with Crippen LogP contribution in [0.3, 0.4) is 0 Å². The number of amides is 1. The van der Waals surface area contributed by atoms with Gasteiger partial charge in [-0.15, -0.1) is 0 Å². The van der Waals surface area contributed by atoms with Gasteiger partial charge < -0.3 is 9.88 Å². The molecule has 0 radical (unpaired) electrons. The largest absolute Gasteiger partial charge is 0.351 e. The average molecular weight is 452 g/mol. The van der Waals surface area contributed by atoms with Crippen molar-refractivity contribution in [2.24, 2.45) is 12.2 Å². The first-order valence-electron chi connectivity index (χ1n) is 9.72. The third kappa shape index (κ3) is 4.53. The summed E-state index contributed by atoms with van der Waals surface area (Å²) in [4.78, 5) is 12.6. The lowest BCUT2D eigenvalue weighted by Crippen LogP contribution is -2.42. The first kappa shape index (κ1) is 22.3. The van der Waals surface area contributed by atoms with E-state index in [9.17, 15) is 13.2 Å². The van der Waals surface area contributed by atoms with Crippen molar-refractivity contribution >= 4 is 38.4 Å². The zero-order valence-corrected chi connectivity index (χ0v) is 18.8. The number of nitrogens with two attached hydrogens (primary N) is 1. The van der Waals surface area contributed by atoms with Gasteiger partial charge in [-0.1, -0.05) is 31.4 Å². The van der Waals surface area contributed by atoms with Crippen LogP contribution in [0.5, 0.6) is 0 Å². The van der Waals surface area contributed by atoms with Gasteiger partial charge in [0.2, 0.25) is 15.9 Å². The molecule has 2 heterocycles. The molecule has 162 valence electrons. The van der Waals surface area contributed by atoms with E-state index in [-0.39, 0.29) is 13.0 Å². The van der Waals surface area contributed by atoms with E-state index < -0.39 is 21.2 Å². The number of carbonyl (C=O) groups is 1. The number of unbranched alkanes of at least 4 members (excludes halogenated alkanes) is 1. The maximum absolute atomic E-state index is 12.6. The fourth-order valence-corrected chi connectivity index (χ4v) is 4.68. The van der Waals surface area contributed by atoms with Gasteiger partial charge in [0.05, 0.1) is 11.2 Å². The third-order valence-electron chi connectivity index (χ3n) is 5.14. The number of nitrogens with one attached hydrogen (secondary N) is 1. The Kier molecular flexibility index (Phi) is 6.54. The van der Waals surface area contributed by atoms with Crippen LogP contribution in [0.1, 0.15) is 37.4 Å². The Morgan fingerprint density at radius 3 is 2.73 bits per heavy atom. The van der Waals surface area contributed by atoms with Crippen molar-refractivity contribution in [3.05, 3.63) is 46.7 Å². The quantitative estimate of drug-likeness (QED) is 0.548. The highest BCUT2D eigenvalue weighted by atomic mass is 35.5. The van der Waals surface area contributed by atoms with Gasteiger partial charge >= 0.3 is 0 Å². The summed E-state index contributed by atoms with van der Waals surface area (Å²) in [5.74, 6) is 0.190. The lowest BCUT2D eigenvalue weighted by molar-refractivity contribution is -0.121. The molecule has 1 aromatic carbocycles. The maximum Gasteiger partial charge on any atom is 0.240 e. The number of benzene rings is 1. The fraction of sp³-hybridized carbons (Fsp3) is 0.400. The Bertz CT molecular complexity index is 1180. The van der Waals surface area contributed by atoms with Crippen molar-refractivity contribution in [1.82, 2.24) is 19.7 Å². The molecule has 1 unspecified atom stereocenters. The second-order valence-electron chi connectivity index (χ2n) is 7.34. The normalized spacial score (nSPS) is 13.0. The van der Waals surface area contributed by atoms with E-state index in [4.69, 9.17) is 16.7 Å². The first-order valence-corrected chi connectivity index (χ1v) is 11.7. The molecule has 3 aromatic rings. The van der Waals surface area contributed by atoms with Crippen LogP contribution in [-0.2, 0) is 28.4 Å². The maximum atomic E-state index is 12.6. The number of carbonyl (C=O) groups excluding carboxylic acids is 1. The number of aromatic nitrogens is 3. The monoisotopic (exact) mass is 451 g/mol. The van der Waals surface area contributed by atoms with E-state index >= 15 is 0 Å². The molecule has 1 atom stereocenters. The molecule has 10 heteroatoms. The minimum absolute atomic E-state index is 0.138. The topological polar surface area (TPSA) is 112 Å². The standard InChI is InChI=1S/C20H26ClN5O3S/c1-4-5-6-18(30(22,28)29)19(27)23-12-16-13(2)24-25(3)20(16)26-10-9-14-11-15(21)7-8-17(14)26/h7-11,18H,4-6,12H2,1-3H3,(H,23,27)(H2,22,28,29). The number of aryl methyl sites for hydroxylation is 2. The molecular weight excluding hydrogens is 426 g/mol. The minimum Gasteiger partial charge on any atom is -0.351 e. The molecule has 30 heavy (non-hydrogen) atoms. The Hall–Kier alpha value is -2.36. The molecule has 1 amide bonds. The zero-order chi connectivity index (χ0) is 22.1. The molecule has 0 saturated heterocycles. The summed E-state index contributed by atoms with van der Waals surface area (Å²) in [6.07, 6.45) is 3.49. The van der Waals surface area contributed by atoms with Crippen LogP contribution in [0.4, 0.5) is 0 Å². The number of fused-ring (bicyclic) bond motifs is 1. The van der Waals surface area contributed by atoms with Crippen LogP contribution in [-0.4, -0.2) is 33.9 Å². The van der Waals surface area contributed by atoms with Crippen LogP contribution in [0, 0.1) is 6.92 Å². The summed E-state index contributed by atoms with van der Waals surface area (Å²) in [5, 5.41) is 12.9. The number of sulfonamides is 1. The second kappa shape index (κ2) is 8.79. The average Bonchev–Trinajstić information content (AvgIpc) is 3.18. The first-order chi connectivity index (χ1) is 14.1. The summed E-state index contributed by atoms with van der Waals surface area (Å²) >= 11 is 6.09. The van der Waals surface area contributed by atoms with Crippen LogP contribution in [0.25, 0.3) is 16.7 Å². The highest BCUT2D eigenvalue weighted by Crippen LogP contribution is 2.26. The van der Waals surface area contributed by atoms with Gasteiger partial charge in [0.25, 0.3) is 0 Å². The smallest absolute Gasteiger partial charge is 0.240 e. The van der Waals surface area contributed by atoms with Gasteiger partial charge in [-0.3, -0.25) is 9.48 Å². The summed E-state index contributed by atoms with van der Waals surface area (Å²) in [6.45, 7) is 3.92. The van der Waals surface area contributed by atoms with Crippen molar-refractivity contribution in [2.75, 3.05) is 0 Å². The SMILES string of the molecule is CCCCC(C(=O)NCc1c(C)nn(C)c1-n1ccc2cc(Cl)ccc21)S(N)(=O)=O. The van der Waals surface area contributed by atoms with Crippen LogP contribution in [0.15, 0.2) is 30.5 Å². The molecule has 0 fully saturated rings. The predicted molar refractivity (Wildman–Crippen MR) is 118 cm³/mol. The molecular formula is C20H26ClN5O3S. The van der Waals surface area contributed by atoms with Crippen molar-refractivity contribution in [1.29, 1.82) is 0 Å². The Morgan fingerprint density at radius 1 is 1.33 bits per heavy atom. The third-order valence-corrected chi connectivity index (χ3v) is 6.62. The second-order valence-corrected chi connectivity index (χ2v) is 9.52. The van der Waals surface area contributed by atoms with E-state index in [0.29, 0.717) is 11.4 Å². The molecule has 0 spiro atoms. The van der Waals surface area contributed by atoms with Gasteiger partial charge in [-0.2, -0.15) is 5.10 Å². The number of halogens is 1. The number of nitrogens with zero attached hydrogens (tertiary/aromatic N) is 3. The summed E-state index contributed by atoms with van der Waals surface area (Å²) in [7, 11) is -2.16. The number of rotatable bonds is 8. The highest BCUT2D eigenvalue weighted by molar-refractivity contribution is 7.90. The van der Waals surface area contributed by atoms with Crippen molar-refractivity contribution in [3.63, 3.8) is 0 Å². The van der Waals surface area contributed by atoms with Crippen LogP contribution < -0.4 is 10.5 Å². The molecule has 8 nitrogen and oxygen atoms in total. The molecule has 0 saturated carbocycles. The van der Waals surface area contributed by atoms with E-state index in [2.05, 4.69) is 10.4 Å². The van der Waals surface area contributed by atoms with E-state index in [1.54, 1.807) is 4.68 Å². The lowest BCUT2D eigenvalue weighted by Gasteiger charge is -2.15. The molecule has 3 rings (SSSR count). The van der Waals surface area contributed by atoms with E-state index in [1.165, 1.54) is 0 Å². The fourth-order valence-electron chi connectivity index (χ4n) is 3.62.